The van der Waals surface area contributed by atoms with E-state index in [-0.39, 0.29) is 49.3 Å². The van der Waals surface area contributed by atoms with Crippen molar-refractivity contribution in [1.29, 1.82) is 0 Å². The van der Waals surface area contributed by atoms with E-state index in [1.165, 1.54) is 6.20 Å². The molecule has 1 N–H and O–H groups in total. The van der Waals surface area contributed by atoms with Gasteiger partial charge in [0.1, 0.15) is 5.15 Å². The van der Waals surface area contributed by atoms with Gasteiger partial charge < -0.3 is 5.32 Å². The van der Waals surface area contributed by atoms with Crippen LogP contribution >= 0.6 is 11.6 Å². The van der Waals surface area contributed by atoms with E-state index >= 15 is 0 Å². The first-order chi connectivity index (χ1) is 6.50. The molecule has 0 radical (unpaired) electrons. The molecular weight excluding hydrogens is 233 g/mol. The number of pyridine rings is 1. The van der Waals surface area contributed by atoms with Gasteiger partial charge >= 0.3 is 29.6 Å². The van der Waals surface area contributed by atoms with Gasteiger partial charge in [0.05, 0.1) is 5.56 Å². The number of carbonyl (C=O) groups excluding carboxylic acids is 1. The molecule has 0 saturated carbocycles. The van der Waals surface area contributed by atoms with Crippen LogP contribution in [0.5, 0.6) is 0 Å². The van der Waals surface area contributed by atoms with Gasteiger partial charge in [-0.15, -0.1) is 0 Å². The van der Waals surface area contributed by atoms with E-state index in [1.54, 1.807) is 6.07 Å². The number of carbonyl (C=O) groups is 1. The third-order valence-electron chi connectivity index (χ3n) is 2.54. The molecule has 0 aliphatic carbocycles. The van der Waals surface area contributed by atoms with Crippen molar-refractivity contribution in [3.05, 3.63) is 28.5 Å². The van der Waals surface area contributed by atoms with Crippen LogP contribution in [0.15, 0.2) is 12.3 Å². The normalized spacial score (nSPS) is 16.3. The standard InChI is InChI=1S/C10H11ClN2O.BH4.Na/c1-10(2)5-13-9(14)6-4-12-8(11)3-7(6)10;;/h3-4H,5H2,1-2H3,(H,13,14);1H4;/q;-1;+1. The molecule has 2 rings (SSSR count). The minimum atomic E-state index is -0.0736. The van der Waals surface area contributed by atoms with Crippen molar-refractivity contribution >= 4 is 25.9 Å². The van der Waals surface area contributed by atoms with Gasteiger partial charge in [-0.1, -0.05) is 33.9 Å². The summed E-state index contributed by atoms with van der Waals surface area (Å²) in [6.45, 7) is 4.78. The molecule has 16 heavy (non-hydrogen) atoms. The Morgan fingerprint density at radius 2 is 2.12 bits per heavy atom. The zero-order chi connectivity index (χ0) is 10.3. The van der Waals surface area contributed by atoms with Crippen LogP contribution in [0, 0.1) is 0 Å². The fraction of sp³-hybridized carbons (Fsp3) is 0.400. The first-order valence-corrected chi connectivity index (χ1v) is 4.83. The van der Waals surface area contributed by atoms with Gasteiger partial charge in [0.2, 0.25) is 0 Å². The Labute approximate surface area is 124 Å². The molecule has 1 aliphatic rings. The molecule has 0 spiro atoms. The number of fused-ring (bicyclic) bond motifs is 1. The van der Waals surface area contributed by atoms with Crippen molar-refractivity contribution in [2.45, 2.75) is 19.3 Å². The second kappa shape index (κ2) is 5.54. The van der Waals surface area contributed by atoms with E-state index in [0.717, 1.165) is 5.56 Å². The predicted octanol–water partition coefficient (Wildman–Crippen LogP) is -2.69. The second-order valence-corrected chi connectivity index (χ2v) is 4.51. The Morgan fingerprint density at radius 3 is 2.75 bits per heavy atom. The minimum Gasteiger partial charge on any atom is -0.351 e. The third kappa shape index (κ3) is 2.80. The van der Waals surface area contributed by atoms with Crippen LogP contribution in [-0.2, 0) is 5.41 Å². The summed E-state index contributed by atoms with van der Waals surface area (Å²) in [5.74, 6) is -0.0662. The average molecular weight is 248 g/mol. The first-order valence-electron chi connectivity index (χ1n) is 4.45. The Morgan fingerprint density at radius 1 is 1.50 bits per heavy atom. The van der Waals surface area contributed by atoms with Crippen LogP contribution in [0.25, 0.3) is 0 Å². The molecule has 0 atom stereocenters. The van der Waals surface area contributed by atoms with Gasteiger partial charge in [-0.25, -0.2) is 4.98 Å². The molecule has 1 aromatic heterocycles. The number of rotatable bonds is 0. The summed E-state index contributed by atoms with van der Waals surface area (Å²) in [5, 5.41) is 3.26. The van der Waals surface area contributed by atoms with Gasteiger partial charge in [0.15, 0.2) is 0 Å². The topological polar surface area (TPSA) is 42.0 Å². The number of aromatic nitrogens is 1. The molecule has 1 aromatic rings. The van der Waals surface area contributed by atoms with E-state index in [2.05, 4.69) is 24.1 Å². The summed E-state index contributed by atoms with van der Waals surface area (Å²) in [6.07, 6.45) is 1.54. The van der Waals surface area contributed by atoms with Crippen LogP contribution in [0.1, 0.15) is 29.8 Å². The van der Waals surface area contributed by atoms with Crippen molar-refractivity contribution in [3.63, 3.8) is 0 Å². The Bertz CT molecular complexity index is 412. The first kappa shape index (κ1) is 16.0. The summed E-state index contributed by atoms with van der Waals surface area (Å²) in [5.41, 5.74) is 1.53. The van der Waals surface area contributed by atoms with Crippen molar-refractivity contribution in [1.82, 2.24) is 10.3 Å². The quantitative estimate of drug-likeness (QED) is 0.401. The van der Waals surface area contributed by atoms with E-state index in [4.69, 9.17) is 11.6 Å². The van der Waals surface area contributed by atoms with Crippen molar-refractivity contribution < 1.29 is 34.4 Å². The number of nitrogens with one attached hydrogen (secondary N) is 1. The maximum absolute atomic E-state index is 11.5. The van der Waals surface area contributed by atoms with Crippen molar-refractivity contribution in [3.8, 4) is 0 Å². The molecule has 0 saturated heterocycles. The fourth-order valence-corrected chi connectivity index (χ4v) is 1.82. The molecule has 0 fully saturated rings. The number of hydrogen-bond acceptors (Lipinski definition) is 2. The second-order valence-electron chi connectivity index (χ2n) is 4.12. The number of halogens is 1. The maximum atomic E-state index is 11.5. The molecule has 82 valence electrons. The van der Waals surface area contributed by atoms with Gasteiger partial charge in [0.25, 0.3) is 5.91 Å². The molecule has 0 unspecified atom stereocenters. The zero-order valence-corrected chi connectivity index (χ0v) is 11.9. The van der Waals surface area contributed by atoms with E-state index < -0.39 is 0 Å². The third-order valence-corrected chi connectivity index (χ3v) is 2.74. The van der Waals surface area contributed by atoms with E-state index in [9.17, 15) is 4.79 Å². The average Bonchev–Trinajstić information content (AvgIpc) is 2.12. The number of nitrogens with zero attached hydrogens (tertiary/aromatic N) is 1. The summed E-state index contributed by atoms with van der Waals surface area (Å²) in [6, 6.07) is 1.77. The van der Waals surface area contributed by atoms with Crippen molar-refractivity contribution in [2.75, 3.05) is 6.54 Å². The molecule has 0 bridgehead atoms. The number of amides is 1. The molecule has 6 heteroatoms. The van der Waals surface area contributed by atoms with Gasteiger partial charge in [-0.3, -0.25) is 4.79 Å². The summed E-state index contributed by atoms with van der Waals surface area (Å²) >= 11 is 5.81. The smallest absolute Gasteiger partial charge is 0.351 e. The summed E-state index contributed by atoms with van der Waals surface area (Å²) < 4.78 is 0. The van der Waals surface area contributed by atoms with Crippen LogP contribution in [0.4, 0.5) is 0 Å². The minimum absolute atomic E-state index is 0. The summed E-state index contributed by atoms with van der Waals surface area (Å²) in [4.78, 5) is 15.4. The van der Waals surface area contributed by atoms with Gasteiger partial charge in [0, 0.05) is 18.2 Å². The zero-order valence-electron chi connectivity index (χ0n) is 9.10. The van der Waals surface area contributed by atoms with Gasteiger partial charge in [-0.05, 0) is 11.6 Å². The fourth-order valence-electron chi connectivity index (χ4n) is 1.66. The largest absolute Gasteiger partial charge is 1.00 e. The Hall–Kier alpha value is -0.0251. The molecular formula is C10H15BClN2NaO. The van der Waals surface area contributed by atoms with Crippen LogP contribution in [0.2, 0.25) is 5.15 Å². The van der Waals surface area contributed by atoms with E-state index in [0.29, 0.717) is 17.3 Å². The number of hydrogen-bond donors (Lipinski definition) is 1. The molecule has 0 aromatic carbocycles. The monoisotopic (exact) mass is 248 g/mol. The Kier molecular flexibility index (Phi) is 5.53. The SMILES string of the molecule is CC1(C)CNC(=O)c2cnc(Cl)cc21.[BH4-].[Na+]. The van der Waals surface area contributed by atoms with Gasteiger partial charge in [-0.2, -0.15) is 0 Å². The van der Waals surface area contributed by atoms with Crippen LogP contribution < -0.4 is 34.9 Å². The Balaban J connectivity index is 0.00000112. The van der Waals surface area contributed by atoms with Crippen LogP contribution in [-0.4, -0.2) is 25.8 Å². The molecule has 2 heterocycles. The van der Waals surface area contributed by atoms with E-state index in [1.807, 2.05) is 0 Å². The van der Waals surface area contributed by atoms with Crippen molar-refractivity contribution in [2.24, 2.45) is 0 Å². The maximum Gasteiger partial charge on any atom is 1.00 e. The summed E-state index contributed by atoms with van der Waals surface area (Å²) in [7, 11) is 0. The predicted molar refractivity (Wildman–Crippen MR) is 65.9 cm³/mol. The molecule has 3 nitrogen and oxygen atoms in total. The van der Waals surface area contributed by atoms with Crippen LogP contribution in [0.3, 0.4) is 0 Å². The molecule has 1 amide bonds. The molecule has 1 aliphatic heterocycles.